The Morgan fingerprint density at radius 2 is 2.50 bits per heavy atom. The summed E-state index contributed by atoms with van der Waals surface area (Å²) in [7, 11) is 0. The second-order valence-electron chi connectivity index (χ2n) is 2.99. The van der Waals surface area contributed by atoms with E-state index in [1.165, 1.54) is 5.57 Å². The van der Waals surface area contributed by atoms with Crippen molar-refractivity contribution in [1.29, 1.82) is 0 Å². The molecule has 12 heavy (non-hydrogen) atoms. The molecule has 0 aliphatic carbocycles. The quantitative estimate of drug-likeness (QED) is 0.524. The van der Waals surface area contributed by atoms with E-state index in [9.17, 15) is 0 Å². The van der Waals surface area contributed by atoms with E-state index in [4.69, 9.17) is 0 Å². The average Bonchev–Trinajstić information content (AvgIpc) is 2.49. The summed E-state index contributed by atoms with van der Waals surface area (Å²) in [6.45, 7) is 5.96. The van der Waals surface area contributed by atoms with Crippen molar-refractivity contribution in [3.8, 4) is 0 Å². The van der Waals surface area contributed by atoms with Crippen LogP contribution in [-0.4, -0.2) is 16.7 Å². The van der Waals surface area contributed by atoms with Gasteiger partial charge in [-0.2, -0.15) is 5.10 Å². The van der Waals surface area contributed by atoms with Gasteiger partial charge in [0.15, 0.2) is 0 Å². The van der Waals surface area contributed by atoms with E-state index in [1.54, 1.807) is 6.20 Å². The number of H-pyrrole nitrogens is 1. The van der Waals surface area contributed by atoms with E-state index >= 15 is 0 Å². The lowest BCUT2D eigenvalue weighted by Gasteiger charge is -1.98. The van der Waals surface area contributed by atoms with Crippen LogP contribution in [0.1, 0.15) is 19.5 Å². The first-order valence-electron chi connectivity index (χ1n) is 4.11. The van der Waals surface area contributed by atoms with Crippen molar-refractivity contribution in [3.63, 3.8) is 0 Å². The average molecular weight is 165 g/mol. The smallest absolute Gasteiger partial charge is 0.0490 e. The fraction of sp³-hybridized carbons (Fsp3) is 0.444. The van der Waals surface area contributed by atoms with E-state index in [0.717, 1.165) is 18.8 Å². The molecule has 0 aliphatic heterocycles. The van der Waals surface area contributed by atoms with Crippen LogP contribution in [0, 0.1) is 0 Å². The Hall–Kier alpha value is -1.09. The van der Waals surface area contributed by atoms with Gasteiger partial charge in [0.1, 0.15) is 0 Å². The standard InChI is InChI=1S/C9H15N3/c1-8(2)3-5-10-7-9-4-6-11-12-9/h3-4,6,10H,5,7H2,1-2H3,(H,11,12). The largest absolute Gasteiger partial charge is 0.308 e. The minimum Gasteiger partial charge on any atom is -0.308 e. The van der Waals surface area contributed by atoms with Crippen LogP contribution in [0.4, 0.5) is 0 Å². The predicted molar refractivity (Wildman–Crippen MR) is 49.7 cm³/mol. The highest BCUT2D eigenvalue weighted by Crippen LogP contribution is 1.90. The topological polar surface area (TPSA) is 40.7 Å². The zero-order chi connectivity index (χ0) is 8.81. The van der Waals surface area contributed by atoms with Crippen molar-refractivity contribution < 1.29 is 0 Å². The Balaban J connectivity index is 2.16. The van der Waals surface area contributed by atoms with Crippen molar-refractivity contribution in [3.05, 3.63) is 29.6 Å². The summed E-state index contributed by atoms with van der Waals surface area (Å²) < 4.78 is 0. The Labute approximate surface area is 72.9 Å². The van der Waals surface area contributed by atoms with Gasteiger partial charge in [-0.3, -0.25) is 5.10 Å². The maximum absolute atomic E-state index is 3.86. The normalized spacial score (nSPS) is 9.83. The summed E-state index contributed by atoms with van der Waals surface area (Å²) in [6, 6.07) is 1.97. The van der Waals surface area contributed by atoms with Crippen LogP contribution in [0.2, 0.25) is 0 Å². The van der Waals surface area contributed by atoms with Crippen molar-refractivity contribution in [2.75, 3.05) is 6.54 Å². The highest BCUT2D eigenvalue weighted by Gasteiger charge is 1.89. The molecule has 3 heteroatoms. The maximum atomic E-state index is 3.86. The summed E-state index contributed by atoms with van der Waals surface area (Å²) >= 11 is 0. The molecule has 2 N–H and O–H groups in total. The summed E-state index contributed by atoms with van der Waals surface area (Å²) in [6.07, 6.45) is 3.92. The minimum absolute atomic E-state index is 0.851. The minimum atomic E-state index is 0.851. The fourth-order valence-electron chi connectivity index (χ4n) is 0.866. The van der Waals surface area contributed by atoms with E-state index in [-0.39, 0.29) is 0 Å². The SMILES string of the molecule is CC(C)=CCNCc1ccn[nH]1. The van der Waals surface area contributed by atoms with Crippen LogP contribution in [0.15, 0.2) is 23.9 Å². The van der Waals surface area contributed by atoms with Crippen LogP contribution < -0.4 is 5.32 Å². The molecule has 3 nitrogen and oxygen atoms in total. The third kappa shape index (κ3) is 3.34. The van der Waals surface area contributed by atoms with E-state index < -0.39 is 0 Å². The van der Waals surface area contributed by atoms with E-state index in [1.807, 2.05) is 6.07 Å². The lowest BCUT2D eigenvalue weighted by atomic mass is 10.3. The summed E-state index contributed by atoms with van der Waals surface area (Å²) in [4.78, 5) is 0. The molecule has 0 unspecified atom stereocenters. The van der Waals surface area contributed by atoms with Gasteiger partial charge in [-0.05, 0) is 19.9 Å². The van der Waals surface area contributed by atoms with Gasteiger partial charge in [-0.25, -0.2) is 0 Å². The van der Waals surface area contributed by atoms with Crippen LogP contribution in [0.5, 0.6) is 0 Å². The van der Waals surface area contributed by atoms with Crippen LogP contribution in [0.25, 0.3) is 0 Å². The molecule has 0 bridgehead atoms. The van der Waals surface area contributed by atoms with Crippen LogP contribution >= 0.6 is 0 Å². The van der Waals surface area contributed by atoms with Crippen molar-refractivity contribution in [2.24, 2.45) is 0 Å². The number of nitrogens with one attached hydrogen (secondary N) is 2. The zero-order valence-corrected chi connectivity index (χ0v) is 7.59. The number of aromatic nitrogens is 2. The highest BCUT2D eigenvalue weighted by atomic mass is 15.1. The second kappa shape index (κ2) is 4.72. The van der Waals surface area contributed by atoms with E-state index in [0.29, 0.717) is 0 Å². The molecule has 0 saturated carbocycles. The molecular weight excluding hydrogens is 150 g/mol. The zero-order valence-electron chi connectivity index (χ0n) is 7.59. The second-order valence-corrected chi connectivity index (χ2v) is 2.99. The lowest BCUT2D eigenvalue weighted by molar-refractivity contribution is 0.734. The molecule has 0 amide bonds. The van der Waals surface area contributed by atoms with Gasteiger partial charge in [-0.1, -0.05) is 11.6 Å². The first-order chi connectivity index (χ1) is 5.79. The molecule has 1 aromatic heterocycles. The first-order valence-corrected chi connectivity index (χ1v) is 4.11. The summed E-state index contributed by atoms with van der Waals surface area (Å²) in [5.41, 5.74) is 2.46. The number of hydrogen-bond acceptors (Lipinski definition) is 2. The third-order valence-electron chi connectivity index (χ3n) is 1.53. The number of rotatable bonds is 4. The Morgan fingerprint density at radius 3 is 3.08 bits per heavy atom. The molecule has 66 valence electrons. The first kappa shape index (κ1) is 9.00. The number of hydrogen-bond donors (Lipinski definition) is 2. The van der Waals surface area contributed by atoms with Gasteiger partial charge < -0.3 is 5.32 Å². The molecule has 0 fully saturated rings. The molecule has 0 atom stereocenters. The maximum Gasteiger partial charge on any atom is 0.0490 e. The lowest BCUT2D eigenvalue weighted by Crippen LogP contribution is -2.13. The Kier molecular flexibility index (Phi) is 3.54. The van der Waals surface area contributed by atoms with Gasteiger partial charge in [-0.15, -0.1) is 0 Å². The molecule has 1 heterocycles. The molecule has 0 radical (unpaired) electrons. The molecule has 0 saturated heterocycles. The van der Waals surface area contributed by atoms with Crippen molar-refractivity contribution in [2.45, 2.75) is 20.4 Å². The molecule has 0 aromatic carbocycles. The predicted octanol–water partition coefficient (Wildman–Crippen LogP) is 1.47. The van der Waals surface area contributed by atoms with Gasteiger partial charge >= 0.3 is 0 Å². The number of allylic oxidation sites excluding steroid dienone is 1. The molecule has 1 rings (SSSR count). The van der Waals surface area contributed by atoms with Gasteiger partial charge in [0, 0.05) is 25.0 Å². The number of aromatic amines is 1. The summed E-state index contributed by atoms with van der Waals surface area (Å²) in [5, 5.41) is 10.0. The third-order valence-corrected chi connectivity index (χ3v) is 1.53. The number of nitrogens with zero attached hydrogens (tertiary/aromatic N) is 1. The van der Waals surface area contributed by atoms with Crippen LogP contribution in [0.3, 0.4) is 0 Å². The fourth-order valence-corrected chi connectivity index (χ4v) is 0.866. The van der Waals surface area contributed by atoms with Gasteiger partial charge in [0.25, 0.3) is 0 Å². The summed E-state index contributed by atoms with van der Waals surface area (Å²) in [5.74, 6) is 0. The highest BCUT2D eigenvalue weighted by molar-refractivity contribution is 4.98. The van der Waals surface area contributed by atoms with Crippen LogP contribution in [-0.2, 0) is 6.54 Å². The molecule has 1 aromatic rings. The molecular formula is C9H15N3. The monoisotopic (exact) mass is 165 g/mol. The van der Waals surface area contributed by atoms with Crippen molar-refractivity contribution in [1.82, 2.24) is 15.5 Å². The van der Waals surface area contributed by atoms with Gasteiger partial charge in [0.2, 0.25) is 0 Å². The van der Waals surface area contributed by atoms with Crippen molar-refractivity contribution >= 4 is 0 Å². The van der Waals surface area contributed by atoms with E-state index in [2.05, 4.69) is 35.4 Å². The molecule has 0 spiro atoms. The Bertz CT molecular complexity index is 232. The Morgan fingerprint density at radius 1 is 1.67 bits per heavy atom. The van der Waals surface area contributed by atoms with Gasteiger partial charge in [0.05, 0.1) is 0 Å². The molecule has 0 aliphatic rings.